The Balaban J connectivity index is 1.32. The number of hydrogen-bond acceptors (Lipinski definition) is 6. The van der Waals surface area contributed by atoms with E-state index >= 15 is 0 Å². The van der Waals surface area contributed by atoms with Gasteiger partial charge >= 0.3 is 0 Å². The summed E-state index contributed by atoms with van der Waals surface area (Å²) in [6, 6.07) is 2.37. The minimum Gasteiger partial charge on any atom is -0.299 e. The van der Waals surface area contributed by atoms with Crippen LogP contribution in [-0.4, -0.2) is 56.6 Å². The van der Waals surface area contributed by atoms with Crippen molar-refractivity contribution in [2.24, 2.45) is 11.8 Å². The number of hydrogen-bond donors (Lipinski definition) is 0. The fourth-order valence-corrected chi connectivity index (χ4v) is 5.84. The highest BCUT2D eigenvalue weighted by atomic mass is 32.1. The van der Waals surface area contributed by atoms with E-state index in [1.807, 2.05) is 0 Å². The van der Waals surface area contributed by atoms with Gasteiger partial charge in [-0.25, -0.2) is 4.98 Å². The first-order valence-electron chi connectivity index (χ1n) is 10.5. The lowest BCUT2D eigenvalue weighted by molar-refractivity contribution is 0.0890. The van der Waals surface area contributed by atoms with Crippen LogP contribution in [0.3, 0.4) is 0 Å². The molecule has 3 aliphatic heterocycles. The minimum absolute atomic E-state index is 0.0460. The van der Waals surface area contributed by atoms with Crippen molar-refractivity contribution in [2.45, 2.75) is 58.0 Å². The van der Waals surface area contributed by atoms with E-state index in [2.05, 4.69) is 21.8 Å². The fraction of sp³-hybridized carbons (Fsp3) is 0.750. The topological polar surface area (TPSA) is 53.7 Å². The standard InChI is InChI=1S/C20H29N5OS/c1-2-18-22-25-19(26)8-16(21-20(25)27-18)12-23-9-15-6-7-17(13-23)24(11-15)10-14-4-3-5-14/h8,14-15,17H,2-7,9-13H2,1H3/t15-,17+/m1/s1. The number of aryl methyl sites for hydroxylation is 1. The Kier molecular flexibility index (Phi) is 4.78. The Bertz CT molecular complexity index is 873. The molecule has 5 heterocycles. The second kappa shape index (κ2) is 7.26. The maximum Gasteiger partial charge on any atom is 0.275 e. The van der Waals surface area contributed by atoms with Crippen LogP contribution in [-0.2, 0) is 13.0 Å². The summed E-state index contributed by atoms with van der Waals surface area (Å²) < 4.78 is 1.46. The van der Waals surface area contributed by atoms with Gasteiger partial charge in [-0.15, -0.1) is 0 Å². The van der Waals surface area contributed by atoms with Crippen molar-refractivity contribution in [2.75, 3.05) is 26.2 Å². The number of aromatic nitrogens is 3. The molecule has 3 saturated heterocycles. The fourth-order valence-electron chi connectivity index (χ4n) is 4.98. The molecule has 4 fully saturated rings. The van der Waals surface area contributed by atoms with Crippen LogP contribution in [0.1, 0.15) is 49.7 Å². The third-order valence-corrected chi connectivity index (χ3v) is 7.70. The Morgan fingerprint density at radius 1 is 1.19 bits per heavy atom. The van der Waals surface area contributed by atoms with Crippen molar-refractivity contribution in [3.05, 3.63) is 27.1 Å². The third kappa shape index (κ3) is 3.57. The smallest absolute Gasteiger partial charge is 0.275 e. The molecule has 0 spiro atoms. The molecule has 0 amide bonds. The number of nitrogens with zero attached hydrogens (tertiary/aromatic N) is 5. The van der Waals surface area contributed by atoms with Gasteiger partial charge in [0.2, 0.25) is 4.96 Å². The molecule has 2 aromatic rings. The summed E-state index contributed by atoms with van der Waals surface area (Å²) in [4.78, 5) is 23.2. The Morgan fingerprint density at radius 2 is 2.07 bits per heavy atom. The average molecular weight is 388 g/mol. The van der Waals surface area contributed by atoms with Crippen LogP contribution in [0.4, 0.5) is 0 Å². The predicted molar refractivity (Wildman–Crippen MR) is 107 cm³/mol. The molecule has 0 N–H and O–H groups in total. The lowest BCUT2D eigenvalue weighted by Gasteiger charge is -2.40. The van der Waals surface area contributed by atoms with E-state index in [1.54, 1.807) is 6.07 Å². The molecule has 2 bridgehead atoms. The highest BCUT2D eigenvalue weighted by molar-refractivity contribution is 7.16. The van der Waals surface area contributed by atoms with Crippen LogP contribution < -0.4 is 5.56 Å². The number of fused-ring (bicyclic) bond motifs is 5. The van der Waals surface area contributed by atoms with Crippen molar-refractivity contribution >= 4 is 16.3 Å². The van der Waals surface area contributed by atoms with Gasteiger partial charge in [-0.3, -0.25) is 14.6 Å². The molecular formula is C20H29N5OS. The van der Waals surface area contributed by atoms with Gasteiger partial charge in [0.1, 0.15) is 5.01 Å². The molecule has 1 aliphatic carbocycles. The van der Waals surface area contributed by atoms with Crippen molar-refractivity contribution in [1.82, 2.24) is 24.4 Å². The molecule has 7 heteroatoms. The van der Waals surface area contributed by atoms with Gasteiger partial charge in [-0.1, -0.05) is 24.7 Å². The first-order valence-corrected chi connectivity index (χ1v) is 11.3. The van der Waals surface area contributed by atoms with E-state index in [9.17, 15) is 4.79 Å². The maximum atomic E-state index is 12.4. The number of rotatable bonds is 5. The zero-order chi connectivity index (χ0) is 18.4. The summed E-state index contributed by atoms with van der Waals surface area (Å²) in [6.45, 7) is 7.68. The van der Waals surface area contributed by atoms with Crippen molar-refractivity contribution in [3.63, 3.8) is 0 Å². The van der Waals surface area contributed by atoms with Gasteiger partial charge in [-0.05, 0) is 43.9 Å². The Morgan fingerprint density at radius 3 is 2.85 bits per heavy atom. The molecule has 2 atom stereocenters. The minimum atomic E-state index is -0.0460. The largest absolute Gasteiger partial charge is 0.299 e. The first-order chi connectivity index (χ1) is 13.2. The second-order valence-electron chi connectivity index (χ2n) is 8.67. The summed E-state index contributed by atoms with van der Waals surface area (Å²) in [7, 11) is 0. The van der Waals surface area contributed by atoms with Crippen molar-refractivity contribution in [1.29, 1.82) is 0 Å². The van der Waals surface area contributed by atoms with Crippen LogP contribution >= 0.6 is 11.3 Å². The van der Waals surface area contributed by atoms with E-state index in [0.29, 0.717) is 6.04 Å². The molecule has 1 saturated carbocycles. The molecule has 27 heavy (non-hydrogen) atoms. The van der Waals surface area contributed by atoms with E-state index in [4.69, 9.17) is 4.98 Å². The van der Waals surface area contributed by atoms with Crippen LogP contribution in [0.25, 0.3) is 4.96 Å². The molecule has 0 unspecified atom stereocenters. The molecule has 0 radical (unpaired) electrons. The summed E-state index contributed by atoms with van der Waals surface area (Å²) in [6.07, 6.45) is 7.82. The highest BCUT2D eigenvalue weighted by Crippen LogP contribution is 2.33. The zero-order valence-corrected chi connectivity index (χ0v) is 17.0. The second-order valence-corrected chi connectivity index (χ2v) is 9.71. The quantitative estimate of drug-likeness (QED) is 0.789. The van der Waals surface area contributed by atoms with E-state index in [-0.39, 0.29) is 5.56 Å². The molecule has 2 aromatic heterocycles. The Labute approximate surface area is 164 Å². The maximum absolute atomic E-state index is 12.4. The van der Waals surface area contributed by atoms with E-state index < -0.39 is 0 Å². The molecule has 4 aliphatic rings. The summed E-state index contributed by atoms with van der Waals surface area (Å²) in [5.74, 6) is 1.71. The summed E-state index contributed by atoms with van der Waals surface area (Å²) in [5.41, 5.74) is 0.855. The summed E-state index contributed by atoms with van der Waals surface area (Å²) >= 11 is 1.54. The molecule has 146 valence electrons. The zero-order valence-electron chi connectivity index (χ0n) is 16.1. The lowest BCUT2D eigenvalue weighted by Crippen LogP contribution is -2.46. The molecule has 0 aromatic carbocycles. The van der Waals surface area contributed by atoms with Crippen LogP contribution in [0.15, 0.2) is 10.9 Å². The summed E-state index contributed by atoms with van der Waals surface area (Å²) in [5, 5.41) is 5.33. The average Bonchev–Trinajstić information content (AvgIpc) is 2.85. The first kappa shape index (κ1) is 17.8. The van der Waals surface area contributed by atoms with Gasteiger partial charge in [0.05, 0.1) is 5.69 Å². The SMILES string of the molecule is CCc1nn2c(=O)cc(CN3C[C@H]4CC[C@@H](C3)N(CC3CCC3)C4)nc2s1. The number of piperidine rings is 1. The Hall–Kier alpha value is -1.31. The van der Waals surface area contributed by atoms with Crippen molar-refractivity contribution < 1.29 is 0 Å². The van der Waals surface area contributed by atoms with Crippen LogP contribution in [0, 0.1) is 11.8 Å². The normalized spacial score (nSPS) is 27.1. The van der Waals surface area contributed by atoms with Gasteiger partial charge in [0, 0.05) is 44.8 Å². The van der Waals surface area contributed by atoms with Crippen molar-refractivity contribution in [3.8, 4) is 0 Å². The monoisotopic (exact) mass is 387 g/mol. The molecular weight excluding hydrogens is 358 g/mol. The van der Waals surface area contributed by atoms with Gasteiger partial charge in [-0.2, -0.15) is 9.61 Å². The van der Waals surface area contributed by atoms with Gasteiger partial charge < -0.3 is 0 Å². The van der Waals surface area contributed by atoms with Gasteiger partial charge in [0.15, 0.2) is 0 Å². The highest BCUT2D eigenvalue weighted by Gasteiger charge is 2.36. The van der Waals surface area contributed by atoms with E-state index in [0.717, 1.165) is 53.6 Å². The predicted octanol–water partition coefficient (Wildman–Crippen LogP) is 2.41. The van der Waals surface area contributed by atoms with Crippen LogP contribution in [0.5, 0.6) is 0 Å². The lowest BCUT2D eigenvalue weighted by atomic mass is 9.83. The molecule has 6 nitrogen and oxygen atoms in total. The molecule has 6 rings (SSSR count). The third-order valence-electron chi connectivity index (χ3n) is 6.65. The van der Waals surface area contributed by atoms with E-state index in [1.165, 1.54) is 61.0 Å². The van der Waals surface area contributed by atoms with Gasteiger partial charge in [0.25, 0.3) is 5.56 Å². The van der Waals surface area contributed by atoms with Crippen LogP contribution in [0.2, 0.25) is 0 Å².